The molecule has 1 aliphatic carbocycles. The van der Waals surface area contributed by atoms with E-state index in [2.05, 4.69) is 24.0 Å². The molecule has 0 bridgehead atoms. The summed E-state index contributed by atoms with van der Waals surface area (Å²) >= 11 is 4.41. The maximum Gasteiger partial charge on any atom is 0.161 e. The molecule has 21 heavy (non-hydrogen) atoms. The second-order valence-corrected chi connectivity index (χ2v) is 5.86. The van der Waals surface area contributed by atoms with Crippen LogP contribution in [-0.4, -0.2) is 5.78 Å². The fourth-order valence-electron chi connectivity index (χ4n) is 3.10. The third-order valence-electron chi connectivity index (χ3n) is 4.08. The van der Waals surface area contributed by atoms with Crippen molar-refractivity contribution in [2.45, 2.75) is 25.7 Å². The first kappa shape index (κ1) is 14.0. The molecular weight excluding hydrogens is 280 g/mol. The smallest absolute Gasteiger partial charge is 0.161 e. The van der Waals surface area contributed by atoms with Gasteiger partial charge in [0.2, 0.25) is 0 Å². The molecule has 3 nitrogen and oxygen atoms in total. The van der Waals surface area contributed by atoms with Gasteiger partial charge in [-0.2, -0.15) is 5.26 Å². The predicted octanol–water partition coefficient (Wildman–Crippen LogP) is 3.12. The van der Waals surface area contributed by atoms with Gasteiger partial charge in [-0.05, 0) is 24.8 Å². The highest BCUT2D eigenvalue weighted by Crippen LogP contribution is 2.38. The van der Waals surface area contributed by atoms with E-state index < -0.39 is 0 Å². The molecule has 1 N–H and O–H groups in total. The number of carbonyl (C=O) groups excluding carboxylic acids is 1. The zero-order valence-corrected chi connectivity index (χ0v) is 12.5. The van der Waals surface area contributed by atoms with E-state index >= 15 is 0 Å². The highest BCUT2D eigenvalue weighted by molar-refractivity contribution is 7.84. The normalized spacial score (nSPS) is 21.7. The molecule has 1 aromatic carbocycles. The van der Waals surface area contributed by atoms with Crippen molar-refractivity contribution in [2.24, 2.45) is 5.92 Å². The lowest BCUT2D eigenvalue weighted by Crippen LogP contribution is -2.32. The molecule has 106 valence electrons. The van der Waals surface area contributed by atoms with E-state index in [-0.39, 0.29) is 11.7 Å². The van der Waals surface area contributed by atoms with Gasteiger partial charge in [-0.25, -0.2) is 0 Å². The van der Waals surface area contributed by atoms with E-state index in [1.807, 2.05) is 30.3 Å². The van der Waals surface area contributed by atoms with Gasteiger partial charge in [0.1, 0.15) is 0 Å². The van der Waals surface area contributed by atoms with Crippen LogP contribution in [-0.2, 0) is 11.2 Å². The number of hydrogen-bond acceptors (Lipinski definition) is 4. The molecule has 1 heterocycles. The van der Waals surface area contributed by atoms with Crippen LogP contribution in [0, 0.1) is 17.2 Å². The van der Waals surface area contributed by atoms with Gasteiger partial charge in [-0.3, -0.25) is 4.79 Å². The Kier molecular flexibility index (Phi) is 3.85. The summed E-state index contributed by atoms with van der Waals surface area (Å²) in [5, 5.41) is 13.2. The van der Waals surface area contributed by atoms with E-state index in [1.54, 1.807) is 0 Å². The van der Waals surface area contributed by atoms with Crippen LogP contribution in [0.25, 0.3) is 0 Å². The monoisotopic (exact) mass is 296 g/mol. The largest absolute Gasteiger partial charge is 0.353 e. The summed E-state index contributed by atoms with van der Waals surface area (Å²) in [7, 11) is 0. The third-order valence-corrected chi connectivity index (χ3v) is 4.43. The van der Waals surface area contributed by atoms with Crippen LogP contribution in [0.5, 0.6) is 0 Å². The number of nitrogens with one attached hydrogen (secondary N) is 1. The average molecular weight is 296 g/mol. The molecule has 0 saturated heterocycles. The molecule has 1 aromatic rings. The summed E-state index contributed by atoms with van der Waals surface area (Å²) in [4.78, 5) is 12.3. The molecule has 0 fully saturated rings. The van der Waals surface area contributed by atoms with Crippen molar-refractivity contribution in [1.29, 1.82) is 5.26 Å². The molecule has 0 saturated carbocycles. The van der Waals surface area contributed by atoms with Crippen molar-refractivity contribution in [3.05, 3.63) is 57.8 Å². The Balaban J connectivity index is 2.03. The molecule has 1 aliphatic heterocycles. The average Bonchev–Trinajstić information content (AvgIpc) is 2.48. The van der Waals surface area contributed by atoms with Crippen molar-refractivity contribution < 1.29 is 4.79 Å². The van der Waals surface area contributed by atoms with Crippen LogP contribution < -0.4 is 5.32 Å². The molecule has 4 heteroatoms. The number of rotatable bonds is 2. The zero-order valence-electron chi connectivity index (χ0n) is 11.6. The second-order valence-electron chi connectivity index (χ2n) is 5.41. The highest BCUT2D eigenvalue weighted by Gasteiger charge is 2.35. The standard InChI is InChI=1S/C17H16N2OS/c18-10-13-12(9-11-5-2-1-3-6-11)16-14(19-17(13)21)7-4-8-15(16)20/h1-3,5-6,12,19,21H,4,7-9H2/t12-/m0/s1. The summed E-state index contributed by atoms with van der Waals surface area (Å²) < 4.78 is 0. The Morgan fingerprint density at radius 2 is 2.05 bits per heavy atom. The summed E-state index contributed by atoms with van der Waals surface area (Å²) in [5.74, 6) is -0.00721. The van der Waals surface area contributed by atoms with Gasteiger partial charge in [0, 0.05) is 23.6 Å². The van der Waals surface area contributed by atoms with Crippen molar-refractivity contribution in [3.63, 3.8) is 0 Å². The summed E-state index contributed by atoms with van der Waals surface area (Å²) in [6.45, 7) is 0. The van der Waals surface area contributed by atoms with Crippen LogP contribution in [0.15, 0.2) is 52.2 Å². The van der Waals surface area contributed by atoms with E-state index in [1.165, 1.54) is 0 Å². The second kappa shape index (κ2) is 5.79. The SMILES string of the molecule is N#CC1=C(S)NC2=C(C(=O)CCC2)[C@H]1Cc1ccccc1. The number of ketones is 1. The molecule has 0 radical (unpaired) electrons. The lowest BCUT2D eigenvalue weighted by molar-refractivity contribution is -0.116. The van der Waals surface area contributed by atoms with Gasteiger partial charge in [-0.1, -0.05) is 30.3 Å². The number of nitriles is 1. The van der Waals surface area contributed by atoms with Crippen LogP contribution in [0.2, 0.25) is 0 Å². The van der Waals surface area contributed by atoms with E-state index in [0.29, 0.717) is 23.4 Å². The van der Waals surface area contributed by atoms with Crippen LogP contribution in [0.3, 0.4) is 0 Å². The lowest BCUT2D eigenvalue weighted by Gasteiger charge is -2.32. The molecule has 0 spiro atoms. The van der Waals surface area contributed by atoms with Gasteiger partial charge < -0.3 is 5.32 Å². The van der Waals surface area contributed by atoms with Gasteiger partial charge in [0.15, 0.2) is 5.78 Å². The number of carbonyl (C=O) groups is 1. The fourth-order valence-corrected chi connectivity index (χ4v) is 3.44. The third kappa shape index (κ3) is 2.62. The van der Waals surface area contributed by atoms with Crippen molar-refractivity contribution in [2.75, 3.05) is 0 Å². The van der Waals surface area contributed by atoms with Crippen LogP contribution in [0.1, 0.15) is 24.8 Å². The van der Waals surface area contributed by atoms with Gasteiger partial charge in [0.05, 0.1) is 16.7 Å². The van der Waals surface area contributed by atoms with Crippen LogP contribution in [0.4, 0.5) is 0 Å². The summed E-state index contributed by atoms with van der Waals surface area (Å²) in [6, 6.07) is 12.2. The van der Waals surface area contributed by atoms with Gasteiger partial charge in [-0.15, -0.1) is 12.6 Å². The molecule has 1 atom stereocenters. The summed E-state index contributed by atoms with van der Waals surface area (Å²) in [6.07, 6.45) is 2.97. The van der Waals surface area contributed by atoms with Crippen molar-refractivity contribution in [3.8, 4) is 6.07 Å². The maximum absolute atomic E-state index is 12.3. The molecular formula is C17H16N2OS. The van der Waals surface area contributed by atoms with Gasteiger partial charge in [0.25, 0.3) is 0 Å². The molecule has 2 aliphatic rings. The minimum Gasteiger partial charge on any atom is -0.353 e. The van der Waals surface area contributed by atoms with E-state index in [9.17, 15) is 10.1 Å². The topological polar surface area (TPSA) is 52.9 Å². The maximum atomic E-state index is 12.3. The molecule has 3 rings (SSSR count). The van der Waals surface area contributed by atoms with Crippen molar-refractivity contribution >= 4 is 18.4 Å². The quantitative estimate of drug-likeness (QED) is 0.824. The molecule has 0 amide bonds. The highest BCUT2D eigenvalue weighted by atomic mass is 32.1. The Bertz CT molecular complexity index is 682. The fraction of sp³-hybridized carbons (Fsp3) is 0.294. The Morgan fingerprint density at radius 3 is 2.76 bits per heavy atom. The Morgan fingerprint density at radius 1 is 1.29 bits per heavy atom. The van der Waals surface area contributed by atoms with Crippen LogP contribution >= 0.6 is 12.6 Å². The van der Waals surface area contributed by atoms with E-state index in [0.717, 1.165) is 29.7 Å². The first-order valence-corrected chi connectivity index (χ1v) is 7.56. The Hall–Kier alpha value is -1.99. The molecule has 0 aromatic heterocycles. The number of thiol groups is 1. The first-order valence-electron chi connectivity index (χ1n) is 7.11. The number of allylic oxidation sites excluding steroid dienone is 3. The number of nitrogens with zero attached hydrogens (tertiary/aromatic N) is 1. The Labute approximate surface area is 129 Å². The minimum atomic E-state index is -0.172. The van der Waals surface area contributed by atoms with Gasteiger partial charge >= 0.3 is 0 Å². The predicted molar refractivity (Wildman–Crippen MR) is 84.3 cm³/mol. The number of benzene rings is 1. The molecule has 0 unspecified atom stereocenters. The minimum absolute atomic E-state index is 0.165. The number of Topliss-reactive ketones (excluding diaryl/α,β-unsaturated/α-hetero) is 1. The number of hydrogen-bond donors (Lipinski definition) is 2. The van der Waals surface area contributed by atoms with E-state index in [4.69, 9.17) is 0 Å². The summed E-state index contributed by atoms with van der Waals surface area (Å²) in [5.41, 5.74) is 3.44. The first-order chi connectivity index (χ1) is 10.2. The zero-order chi connectivity index (χ0) is 14.8. The number of dihydropyridines is 1. The van der Waals surface area contributed by atoms with Crippen molar-refractivity contribution in [1.82, 2.24) is 5.32 Å². The lowest BCUT2D eigenvalue weighted by atomic mass is 9.77.